The highest BCUT2D eigenvalue weighted by molar-refractivity contribution is 7.92. The molecular formula is C18H17F4NO6S2. The van der Waals surface area contributed by atoms with E-state index >= 15 is 0 Å². The van der Waals surface area contributed by atoms with Gasteiger partial charge in [0, 0.05) is 0 Å². The number of hydrogen-bond donors (Lipinski definition) is 2. The van der Waals surface area contributed by atoms with Crippen molar-refractivity contribution in [3.63, 3.8) is 0 Å². The topological polar surface area (TPSA) is 118 Å². The number of hydrogen-bond acceptors (Lipinski definition) is 6. The van der Waals surface area contributed by atoms with Crippen LogP contribution in [0.1, 0.15) is 13.8 Å². The van der Waals surface area contributed by atoms with Gasteiger partial charge < -0.3 is 10.4 Å². The van der Waals surface area contributed by atoms with Crippen LogP contribution in [0.2, 0.25) is 0 Å². The van der Waals surface area contributed by atoms with Crippen LogP contribution in [-0.4, -0.2) is 45.4 Å². The largest absolute Gasteiger partial charge is 0.426 e. The fraction of sp³-hybridized carbons (Fsp3) is 0.278. The van der Waals surface area contributed by atoms with Crippen molar-refractivity contribution >= 4 is 31.3 Å². The average molecular weight is 483 g/mol. The van der Waals surface area contributed by atoms with Crippen LogP contribution in [0, 0.1) is 5.82 Å². The lowest BCUT2D eigenvalue weighted by molar-refractivity contribution is -0.242. The maximum Gasteiger partial charge on any atom is 0.426 e. The van der Waals surface area contributed by atoms with Crippen LogP contribution < -0.4 is 5.32 Å². The van der Waals surface area contributed by atoms with Crippen LogP contribution in [0.5, 0.6) is 0 Å². The summed E-state index contributed by atoms with van der Waals surface area (Å²) in [5.74, 6) is -3.52. The van der Waals surface area contributed by atoms with E-state index in [0.717, 1.165) is 36.4 Å². The Balaban J connectivity index is 2.35. The van der Waals surface area contributed by atoms with Gasteiger partial charge in [0.2, 0.25) is 15.4 Å². The average Bonchev–Trinajstić information content (AvgIpc) is 2.68. The van der Waals surface area contributed by atoms with Gasteiger partial charge in [-0.2, -0.15) is 13.2 Å². The fourth-order valence-electron chi connectivity index (χ4n) is 2.27. The van der Waals surface area contributed by atoms with E-state index in [1.54, 1.807) is 5.32 Å². The molecule has 2 aromatic carbocycles. The number of carbonyl (C=O) groups is 1. The Morgan fingerprint density at radius 2 is 1.45 bits per heavy atom. The van der Waals surface area contributed by atoms with Gasteiger partial charge in [0.25, 0.3) is 5.91 Å². The Morgan fingerprint density at radius 3 is 1.90 bits per heavy atom. The number of aliphatic hydroxyl groups is 1. The SMILES string of the molecule is CCS(=O)(=O)c1ccc(S(=O)(=O)c2ccc(NC(=O)C(C)(O)C(F)(F)F)c(F)c2)cc1. The second-order valence-electron chi connectivity index (χ2n) is 6.54. The summed E-state index contributed by atoms with van der Waals surface area (Å²) in [5.41, 5.74) is -4.58. The molecule has 0 aliphatic rings. The van der Waals surface area contributed by atoms with Gasteiger partial charge in [-0.1, -0.05) is 6.92 Å². The zero-order valence-corrected chi connectivity index (χ0v) is 17.7. The molecule has 2 aromatic rings. The third kappa shape index (κ3) is 4.88. The highest BCUT2D eigenvalue weighted by atomic mass is 32.2. The normalized spacial score (nSPS) is 14.7. The molecule has 0 radical (unpaired) electrons. The van der Waals surface area contributed by atoms with Crippen molar-refractivity contribution < 1.29 is 44.3 Å². The van der Waals surface area contributed by atoms with Crippen LogP contribution in [0.4, 0.5) is 23.2 Å². The van der Waals surface area contributed by atoms with Crippen LogP contribution in [0.3, 0.4) is 0 Å². The first-order chi connectivity index (χ1) is 14.0. The molecule has 1 atom stereocenters. The zero-order chi connectivity index (χ0) is 23.8. The lowest BCUT2D eigenvalue weighted by atomic mass is 10.1. The summed E-state index contributed by atoms with van der Waals surface area (Å²) in [6, 6.07) is 6.24. The van der Waals surface area contributed by atoms with Gasteiger partial charge in [-0.3, -0.25) is 4.79 Å². The van der Waals surface area contributed by atoms with Crippen molar-refractivity contribution in [2.45, 2.75) is 40.3 Å². The Labute approximate surface area is 175 Å². The molecule has 0 saturated carbocycles. The van der Waals surface area contributed by atoms with Gasteiger partial charge in [-0.05, 0) is 49.4 Å². The minimum absolute atomic E-state index is 0.102. The van der Waals surface area contributed by atoms with E-state index in [2.05, 4.69) is 0 Å². The number of amides is 1. The molecule has 0 aliphatic carbocycles. The molecular weight excluding hydrogens is 466 g/mol. The monoisotopic (exact) mass is 483 g/mol. The Bertz CT molecular complexity index is 1200. The molecule has 2 N–H and O–H groups in total. The molecule has 0 heterocycles. The highest BCUT2D eigenvalue weighted by Crippen LogP contribution is 2.32. The third-order valence-corrected chi connectivity index (χ3v) is 7.88. The first-order valence-corrected chi connectivity index (χ1v) is 11.7. The first kappa shape index (κ1) is 24.8. The third-order valence-electron chi connectivity index (χ3n) is 4.37. The summed E-state index contributed by atoms with van der Waals surface area (Å²) in [6.45, 7) is 1.60. The lowest BCUT2D eigenvalue weighted by Gasteiger charge is -2.25. The van der Waals surface area contributed by atoms with Crippen molar-refractivity contribution in [2.24, 2.45) is 0 Å². The van der Waals surface area contributed by atoms with Gasteiger partial charge in [-0.25, -0.2) is 21.2 Å². The van der Waals surface area contributed by atoms with Gasteiger partial charge in [0.1, 0.15) is 5.82 Å². The Hall–Kier alpha value is -2.51. The molecule has 0 aromatic heterocycles. The number of benzene rings is 2. The minimum Gasteiger partial charge on any atom is -0.373 e. The number of anilines is 1. The van der Waals surface area contributed by atoms with E-state index in [1.807, 2.05) is 0 Å². The Morgan fingerprint density at radius 1 is 0.968 bits per heavy atom. The molecule has 0 fully saturated rings. The summed E-state index contributed by atoms with van der Waals surface area (Å²) in [6.07, 6.45) is -5.33. The molecule has 31 heavy (non-hydrogen) atoms. The highest BCUT2D eigenvalue weighted by Gasteiger charge is 2.55. The molecule has 0 spiro atoms. The number of halogens is 4. The maximum atomic E-state index is 14.3. The molecule has 0 aliphatic heterocycles. The van der Waals surface area contributed by atoms with E-state index in [1.165, 1.54) is 6.92 Å². The van der Waals surface area contributed by atoms with Crippen LogP contribution in [-0.2, 0) is 24.5 Å². The molecule has 1 amide bonds. The molecule has 2 rings (SSSR count). The summed E-state index contributed by atoms with van der Waals surface area (Å²) in [5, 5.41) is 10.9. The quantitative estimate of drug-likeness (QED) is 0.610. The smallest absolute Gasteiger partial charge is 0.373 e. The molecule has 0 saturated heterocycles. The second-order valence-corrected chi connectivity index (χ2v) is 10.8. The van der Waals surface area contributed by atoms with Gasteiger partial charge in [-0.15, -0.1) is 0 Å². The van der Waals surface area contributed by atoms with Gasteiger partial charge >= 0.3 is 6.18 Å². The molecule has 13 heteroatoms. The number of carbonyl (C=O) groups excluding carboxylic acids is 1. The standard InChI is InChI=1S/C18H17F4NO6S2/c1-3-30(26,27)11-4-6-12(7-5-11)31(28,29)13-8-9-15(14(19)10-13)23-16(24)17(2,25)18(20,21)22/h4-10,25H,3H2,1-2H3,(H,23,24). The lowest BCUT2D eigenvalue weighted by Crippen LogP contribution is -2.52. The van der Waals surface area contributed by atoms with Crippen LogP contribution >= 0.6 is 0 Å². The van der Waals surface area contributed by atoms with E-state index in [0.29, 0.717) is 6.07 Å². The zero-order valence-electron chi connectivity index (χ0n) is 16.1. The van der Waals surface area contributed by atoms with Crippen molar-refractivity contribution in [1.82, 2.24) is 0 Å². The maximum absolute atomic E-state index is 14.3. The summed E-state index contributed by atoms with van der Waals surface area (Å²) >= 11 is 0. The summed E-state index contributed by atoms with van der Waals surface area (Å²) in [4.78, 5) is 10.6. The fourth-order valence-corrected chi connectivity index (χ4v) is 4.42. The predicted molar refractivity (Wildman–Crippen MR) is 101 cm³/mol. The van der Waals surface area contributed by atoms with Crippen molar-refractivity contribution in [2.75, 3.05) is 11.1 Å². The van der Waals surface area contributed by atoms with E-state index in [9.17, 15) is 44.3 Å². The molecule has 0 bridgehead atoms. The van der Waals surface area contributed by atoms with E-state index in [4.69, 9.17) is 0 Å². The molecule has 1 unspecified atom stereocenters. The van der Waals surface area contributed by atoms with Crippen molar-refractivity contribution in [3.05, 3.63) is 48.3 Å². The second kappa shape index (κ2) is 8.20. The molecule has 170 valence electrons. The summed E-state index contributed by atoms with van der Waals surface area (Å²) in [7, 11) is -7.87. The van der Waals surface area contributed by atoms with Gasteiger partial charge in [0.15, 0.2) is 9.84 Å². The number of rotatable bonds is 6. The first-order valence-electron chi connectivity index (χ1n) is 8.52. The molecule has 7 nitrogen and oxygen atoms in total. The Kier molecular flexibility index (Phi) is 6.55. The number of alkyl halides is 3. The predicted octanol–water partition coefficient (Wildman–Crippen LogP) is 2.70. The number of nitrogens with one attached hydrogen (secondary N) is 1. The van der Waals surface area contributed by atoms with Crippen LogP contribution in [0.15, 0.2) is 57.2 Å². The van der Waals surface area contributed by atoms with Crippen molar-refractivity contribution in [3.8, 4) is 0 Å². The van der Waals surface area contributed by atoms with Gasteiger partial charge in [0.05, 0.1) is 26.1 Å². The van der Waals surface area contributed by atoms with E-state index < -0.39 is 53.8 Å². The minimum atomic E-state index is -5.33. The number of sulfone groups is 2. The summed E-state index contributed by atoms with van der Waals surface area (Å²) < 4.78 is 101. The van der Waals surface area contributed by atoms with Crippen molar-refractivity contribution in [1.29, 1.82) is 0 Å². The van der Waals surface area contributed by atoms with E-state index in [-0.39, 0.29) is 22.5 Å². The van der Waals surface area contributed by atoms with Crippen LogP contribution in [0.25, 0.3) is 0 Å².